The summed E-state index contributed by atoms with van der Waals surface area (Å²) in [5.74, 6) is 0.539. The number of rotatable bonds is 3. The van der Waals surface area contributed by atoms with Crippen LogP contribution in [0.2, 0.25) is 4.34 Å². The highest BCUT2D eigenvalue weighted by atomic mass is 35.5. The van der Waals surface area contributed by atoms with E-state index in [2.05, 4.69) is 0 Å². The average Bonchev–Trinajstić information content (AvgIpc) is 3.13. The molecule has 0 bridgehead atoms. The van der Waals surface area contributed by atoms with Gasteiger partial charge >= 0.3 is 0 Å². The highest BCUT2D eigenvalue weighted by Gasteiger charge is 2.29. The molecule has 0 spiro atoms. The van der Waals surface area contributed by atoms with Crippen molar-refractivity contribution < 1.29 is 9.53 Å². The molecule has 5 nitrogen and oxygen atoms in total. The van der Waals surface area contributed by atoms with E-state index >= 15 is 0 Å². The quantitative estimate of drug-likeness (QED) is 0.853. The second-order valence-corrected chi connectivity index (χ2v) is 7.33. The van der Waals surface area contributed by atoms with E-state index in [1.165, 1.54) is 17.4 Å². The first kappa shape index (κ1) is 16.1. The molecule has 0 aromatic carbocycles. The van der Waals surface area contributed by atoms with E-state index in [1.54, 1.807) is 28.6 Å². The van der Waals surface area contributed by atoms with Gasteiger partial charge < -0.3 is 14.2 Å². The number of thiophene rings is 1. The van der Waals surface area contributed by atoms with Crippen molar-refractivity contribution in [3.63, 3.8) is 0 Å². The van der Waals surface area contributed by atoms with Gasteiger partial charge in [0.05, 0.1) is 15.8 Å². The largest absolute Gasteiger partial charge is 0.488 e. The first-order chi connectivity index (χ1) is 10.9. The summed E-state index contributed by atoms with van der Waals surface area (Å²) in [6, 6.07) is 6.79. The van der Waals surface area contributed by atoms with E-state index in [1.807, 2.05) is 13.0 Å². The number of likely N-dealkylation sites (tertiary alicyclic amines) is 1. The molecule has 2 aromatic rings. The summed E-state index contributed by atoms with van der Waals surface area (Å²) in [7, 11) is 1.73. The molecular formula is C16H17ClN2O3S. The first-order valence-electron chi connectivity index (χ1n) is 7.33. The highest BCUT2D eigenvalue weighted by molar-refractivity contribution is 7.17. The number of ether oxygens (including phenoxy) is 1. The van der Waals surface area contributed by atoms with Crippen molar-refractivity contribution in [2.24, 2.45) is 7.05 Å². The number of halogens is 1. The fraction of sp³-hybridized carbons (Fsp3) is 0.375. The van der Waals surface area contributed by atoms with Crippen molar-refractivity contribution in [1.82, 2.24) is 9.47 Å². The average molecular weight is 353 g/mol. The van der Waals surface area contributed by atoms with E-state index in [9.17, 15) is 9.59 Å². The highest BCUT2D eigenvalue weighted by Crippen LogP contribution is 2.25. The van der Waals surface area contributed by atoms with Crippen LogP contribution in [0.15, 0.2) is 29.1 Å². The summed E-state index contributed by atoms with van der Waals surface area (Å²) in [5, 5.41) is 0. The number of nitrogens with zero attached hydrogens (tertiary/aromatic N) is 2. The third-order valence-corrected chi connectivity index (χ3v) is 5.21. The van der Waals surface area contributed by atoms with Crippen molar-refractivity contribution in [3.05, 3.63) is 49.5 Å². The topological polar surface area (TPSA) is 51.5 Å². The molecule has 1 saturated heterocycles. The number of hydrogen-bond donors (Lipinski definition) is 0. The molecule has 3 heterocycles. The summed E-state index contributed by atoms with van der Waals surface area (Å²) in [6.07, 6.45) is 0.653. The fourth-order valence-corrected chi connectivity index (χ4v) is 3.60. The maximum atomic E-state index is 12.4. The lowest BCUT2D eigenvalue weighted by Gasteiger charge is -2.17. The van der Waals surface area contributed by atoms with Crippen LogP contribution in [-0.4, -0.2) is 34.6 Å². The van der Waals surface area contributed by atoms with Crippen molar-refractivity contribution in [2.75, 3.05) is 13.1 Å². The summed E-state index contributed by atoms with van der Waals surface area (Å²) >= 11 is 7.16. The van der Waals surface area contributed by atoms with Crippen LogP contribution in [0.1, 0.15) is 21.8 Å². The summed E-state index contributed by atoms with van der Waals surface area (Å²) in [6.45, 7) is 3.02. The van der Waals surface area contributed by atoms with Crippen LogP contribution in [0, 0.1) is 6.92 Å². The second-order valence-electron chi connectivity index (χ2n) is 5.61. The van der Waals surface area contributed by atoms with E-state index in [4.69, 9.17) is 16.3 Å². The Labute approximate surface area is 143 Å². The molecule has 0 aliphatic carbocycles. The van der Waals surface area contributed by atoms with Gasteiger partial charge in [-0.1, -0.05) is 11.6 Å². The molecule has 122 valence electrons. The number of aromatic nitrogens is 1. The zero-order chi connectivity index (χ0) is 16.6. The van der Waals surface area contributed by atoms with Crippen LogP contribution >= 0.6 is 22.9 Å². The minimum Gasteiger partial charge on any atom is -0.488 e. The Morgan fingerprint density at radius 2 is 2.17 bits per heavy atom. The predicted octanol–water partition coefficient (Wildman–Crippen LogP) is 2.70. The molecule has 1 amide bonds. The van der Waals surface area contributed by atoms with Gasteiger partial charge in [0.15, 0.2) is 0 Å². The molecule has 1 aliphatic heterocycles. The van der Waals surface area contributed by atoms with Crippen LogP contribution in [0.5, 0.6) is 5.75 Å². The Morgan fingerprint density at radius 3 is 2.83 bits per heavy atom. The molecule has 2 aromatic heterocycles. The lowest BCUT2D eigenvalue weighted by atomic mass is 10.3. The van der Waals surface area contributed by atoms with Crippen LogP contribution < -0.4 is 10.3 Å². The molecule has 0 saturated carbocycles. The standard InChI is InChI=1S/C16H17ClN2O3S/c1-10-7-12(8-15(20)18(10)2)22-11-5-6-19(9-11)16(21)13-3-4-14(17)23-13/h3-4,7-8,11H,5-6,9H2,1-2H3. The van der Waals surface area contributed by atoms with Gasteiger partial charge in [-0.25, -0.2) is 0 Å². The lowest BCUT2D eigenvalue weighted by Crippen LogP contribution is -2.30. The monoisotopic (exact) mass is 352 g/mol. The number of carbonyl (C=O) groups excluding carboxylic acids is 1. The van der Waals surface area contributed by atoms with Crippen LogP contribution in [0.25, 0.3) is 0 Å². The van der Waals surface area contributed by atoms with Crippen molar-refractivity contribution in [3.8, 4) is 5.75 Å². The number of hydrogen-bond acceptors (Lipinski definition) is 4. The summed E-state index contributed by atoms with van der Waals surface area (Å²) in [5.41, 5.74) is 0.741. The zero-order valence-electron chi connectivity index (χ0n) is 12.9. The maximum absolute atomic E-state index is 12.4. The number of pyridine rings is 1. The molecule has 1 atom stereocenters. The van der Waals surface area contributed by atoms with E-state index < -0.39 is 0 Å². The van der Waals surface area contributed by atoms with Gasteiger partial charge in [-0.3, -0.25) is 9.59 Å². The third-order valence-electron chi connectivity index (χ3n) is 4.00. The Hall–Kier alpha value is -1.79. The zero-order valence-corrected chi connectivity index (χ0v) is 14.5. The van der Waals surface area contributed by atoms with Crippen molar-refractivity contribution in [2.45, 2.75) is 19.4 Å². The SMILES string of the molecule is Cc1cc(OC2CCN(C(=O)c3ccc(Cl)s3)C2)cc(=O)n1C. The van der Waals surface area contributed by atoms with Crippen LogP contribution in [0.3, 0.4) is 0 Å². The normalized spacial score (nSPS) is 17.5. The summed E-state index contributed by atoms with van der Waals surface area (Å²) < 4.78 is 8.06. The fourth-order valence-electron chi connectivity index (χ4n) is 2.59. The van der Waals surface area contributed by atoms with Gasteiger partial charge in [0, 0.05) is 31.8 Å². The molecule has 0 radical (unpaired) electrons. The Balaban J connectivity index is 1.66. The first-order valence-corrected chi connectivity index (χ1v) is 8.52. The minimum atomic E-state index is -0.0980. The number of amides is 1. The Morgan fingerprint density at radius 1 is 1.39 bits per heavy atom. The van der Waals surface area contributed by atoms with Crippen molar-refractivity contribution >= 4 is 28.8 Å². The smallest absolute Gasteiger partial charge is 0.264 e. The van der Waals surface area contributed by atoms with Gasteiger partial charge in [-0.05, 0) is 25.1 Å². The number of aryl methyl sites for hydroxylation is 1. The Bertz CT molecular complexity index is 799. The number of carbonyl (C=O) groups is 1. The maximum Gasteiger partial charge on any atom is 0.264 e. The van der Waals surface area contributed by atoms with Gasteiger partial charge in [-0.15, -0.1) is 11.3 Å². The lowest BCUT2D eigenvalue weighted by molar-refractivity contribution is 0.0777. The molecular weight excluding hydrogens is 336 g/mol. The summed E-state index contributed by atoms with van der Waals surface area (Å²) in [4.78, 5) is 26.6. The molecule has 0 N–H and O–H groups in total. The molecule has 23 heavy (non-hydrogen) atoms. The molecule has 1 aliphatic rings. The molecule has 1 unspecified atom stereocenters. The molecule has 3 rings (SSSR count). The van der Waals surface area contributed by atoms with Gasteiger partial charge in [0.2, 0.25) is 0 Å². The van der Waals surface area contributed by atoms with Gasteiger partial charge in [0.25, 0.3) is 11.5 Å². The predicted molar refractivity (Wildman–Crippen MR) is 90.7 cm³/mol. The van der Waals surface area contributed by atoms with Gasteiger partial charge in [0.1, 0.15) is 11.9 Å². The molecule has 7 heteroatoms. The van der Waals surface area contributed by atoms with E-state index in [0.29, 0.717) is 28.1 Å². The van der Waals surface area contributed by atoms with E-state index in [-0.39, 0.29) is 17.6 Å². The van der Waals surface area contributed by atoms with Crippen LogP contribution in [0.4, 0.5) is 0 Å². The van der Waals surface area contributed by atoms with Gasteiger partial charge in [-0.2, -0.15) is 0 Å². The Kier molecular flexibility index (Phi) is 4.46. The van der Waals surface area contributed by atoms with E-state index in [0.717, 1.165) is 12.1 Å². The third kappa shape index (κ3) is 3.43. The minimum absolute atomic E-state index is 0.0202. The second kappa shape index (κ2) is 6.37. The van der Waals surface area contributed by atoms with Crippen LogP contribution in [-0.2, 0) is 7.05 Å². The molecule has 1 fully saturated rings. The van der Waals surface area contributed by atoms with Crippen molar-refractivity contribution in [1.29, 1.82) is 0 Å².